The van der Waals surface area contributed by atoms with Crippen molar-refractivity contribution in [1.82, 2.24) is 0 Å². The van der Waals surface area contributed by atoms with Crippen LogP contribution in [0.4, 0.5) is 4.39 Å². The molecule has 0 atom stereocenters. The van der Waals surface area contributed by atoms with Crippen molar-refractivity contribution in [2.75, 3.05) is 0 Å². The number of carbonyl (C=O) groups is 1. The molecule has 0 aliphatic heterocycles. The molecule has 0 radical (unpaired) electrons. The van der Waals surface area contributed by atoms with Crippen LogP contribution in [0.25, 0.3) is 12.2 Å². The van der Waals surface area contributed by atoms with E-state index in [9.17, 15) is 9.18 Å². The summed E-state index contributed by atoms with van der Waals surface area (Å²) in [7, 11) is 0. The Kier molecular flexibility index (Phi) is 6.12. The lowest BCUT2D eigenvalue weighted by Gasteiger charge is -2.09. The van der Waals surface area contributed by atoms with Gasteiger partial charge in [-0.3, -0.25) is 4.79 Å². The number of ether oxygens (including phenoxy) is 1. The number of ketones is 1. The number of thiophene rings is 1. The molecule has 0 bridgehead atoms. The molecule has 2 nitrogen and oxygen atoms in total. The zero-order valence-electron chi connectivity index (χ0n) is 14.0. The molecule has 0 saturated heterocycles. The second-order valence-electron chi connectivity index (χ2n) is 5.54. The van der Waals surface area contributed by atoms with E-state index in [4.69, 9.17) is 4.74 Å². The molecule has 4 heteroatoms. The first-order chi connectivity index (χ1) is 12.7. The molecule has 0 N–H and O–H groups in total. The molecule has 2 aromatic carbocycles. The summed E-state index contributed by atoms with van der Waals surface area (Å²) in [6.45, 7) is 0.259. The summed E-state index contributed by atoms with van der Waals surface area (Å²) < 4.78 is 19.0. The third kappa shape index (κ3) is 5.26. The maximum Gasteiger partial charge on any atom is 0.178 e. The molecule has 130 valence electrons. The van der Waals surface area contributed by atoms with E-state index >= 15 is 0 Å². The van der Waals surface area contributed by atoms with Crippen LogP contribution in [0.2, 0.25) is 0 Å². The molecule has 0 fully saturated rings. The van der Waals surface area contributed by atoms with E-state index in [1.54, 1.807) is 41.7 Å². The van der Waals surface area contributed by atoms with E-state index in [0.29, 0.717) is 5.75 Å². The monoisotopic (exact) mass is 364 g/mol. The first-order valence-corrected chi connectivity index (χ1v) is 8.98. The molecular formula is C22H17FO2S. The lowest BCUT2D eigenvalue weighted by atomic mass is 10.1. The Morgan fingerprint density at radius 2 is 1.85 bits per heavy atom. The highest BCUT2D eigenvalue weighted by Crippen LogP contribution is 2.21. The van der Waals surface area contributed by atoms with Crippen molar-refractivity contribution in [2.45, 2.75) is 6.61 Å². The summed E-state index contributed by atoms with van der Waals surface area (Å²) >= 11 is 1.58. The summed E-state index contributed by atoms with van der Waals surface area (Å²) in [4.78, 5) is 13.0. The number of benzene rings is 2. The van der Waals surface area contributed by atoms with Gasteiger partial charge in [0.1, 0.15) is 18.2 Å². The Morgan fingerprint density at radius 3 is 2.65 bits per heavy atom. The van der Waals surface area contributed by atoms with Gasteiger partial charge in [0.05, 0.1) is 0 Å². The van der Waals surface area contributed by atoms with Crippen LogP contribution in [-0.4, -0.2) is 5.78 Å². The summed E-state index contributed by atoms with van der Waals surface area (Å²) in [5.41, 5.74) is 1.54. The normalized spacial score (nSPS) is 11.3. The fourth-order valence-electron chi connectivity index (χ4n) is 2.32. The Bertz CT molecular complexity index is 927. The molecule has 3 rings (SSSR count). The first-order valence-electron chi connectivity index (χ1n) is 8.10. The third-order valence-corrected chi connectivity index (χ3v) is 4.42. The van der Waals surface area contributed by atoms with Crippen molar-refractivity contribution in [1.29, 1.82) is 0 Å². The van der Waals surface area contributed by atoms with Gasteiger partial charge in [0.25, 0.3) is 0 Å². The predicted molar refractivity (Wildman–Crippen MR) is 105 cm³/mol. The Hall–Kier alpha value is -2.98. The largest absolute Gasteiger partial charge is 0.488 e. The van der Waals surface area contributed by atoms with Crippen molar-refractivity contribution in [2.24, 2.45) is 0 Å². The molecular weight excluding hydrogens is 347 g/mol. The van der Waals surface area contributed by atoms with Crippen LogP contribution in [0, 0.1) is 5.82 Å². The summed E-state index contributed by atoms with van der Waals surface area (Å²) in [5, 5.41) is 1.96. The number of hydrogen-bond donors (Lipinski definition) is 0. The van der Waals surface area contributed by atoms with Gasteiger partial charge in [0.2, 0.25) is 0 Å². The van der Waals surface area contributed by atoms with Gasteiger partial charge in [-0.05, 0) is 59.5 Å². The molecule has 3 aromatic rings. The zero-order valence-corrected chi connectivity index (χ0v) is 14.8. The number of halogens is 1. The molecule has 0 aliphatic carbocycles. The maximum atomic E-state index is 13.2. The van der Waals surface area contributed by atoms with Gasteiger partial charge >= 0.3 is 0 Å². The van der Waals surface area contributed by atoms with Crippen LogP contribution in [0.1, 0.15) is 16.0 Å². The van der Waals surface area contributed by atoms with E-state index in [2.05, 4.69) is 0 Å². The minimum atomic E-state index is -0.289. The van der Waals surface area contributed by atoms with Crippen LogP contribution >= 0.6 is 11.3 Å². The number of hydrogen-bond acceptors (Lipinski definition) is 3. The van der Waals surface area contributed by atoms with Gasteiger partial charge in [-0.25, -0.2) is 4.39 Å². The second-order valence-corrected chi connectivity index (χ2v) is 6.52. The van der Waals surface area contributed by atoms with Crippen LogP contribution < -0.4 is 4.74 Å². The van der Waals surface area contributed by atoms with Gasteiger partial charge in [0.15, 0.2) is 5.78 Å². The topological polar surface area (TPSA) is 26.3 Å². The Balaban J connectivity index is 1.65. The highest BCUT2D eigenvalue weighted by Gasteiger charge is 2.02. The lowest BCUT2D eigenvalue weighted by Crippen LogP contribution is -1.97. The van der Waals surface area contributed by atoms with Crippen LogP contribution in [-0.2, 0) is 11.4 Å². The van der Waals surface area contributed by atoms with Gasteiger partial charge in [0, 0.05) is 10.4 Å². The fraction of sp³-hybridized carbons (Fsp3) is 0.0455. The number of rotatable bonds is 7. The van der Waals surface area contributed by atoms with Gasteiger partial charge in [-0.2, -0.15) is 0 Å². The van der Waals surface area contributed by atoms with Crippen molar-refractivity contribution < 1.29 is 13.9 Å². The lowest BCUT2D eigenvalue weighted by molar-refractivity contribution is -0.110. The summed E-state index contributed by atoms with van der Waals surface area (Å²) in [6.07, 6.45) is 6.57. The third-order valence-electron chi connectivity index (χ3n) is 3.58. The highest BCUT2D eigenvalue weighted by molar-refractivity contribution is 7.10. The molecule has 1 heterocycles. The van der Waals surface area contributed by atoms with Gasteiger partial charge in [-0.15, -0.1) is 11.3 Å². The second kappa shape index (κ2) is 8.92. The van der Waals surface area contributed by atoms with E-state index in [0.717, 1.165) is 16.0 Å². The SMILES string of the molecule is O=C(C=Cc1cccs1)C=Cc1ccccc1OCc1cccc(F)c1. The Morgan fingerprint density at radius 1 is 1.00 bits per heavy atom. The average Bonchev–Trinajstić information content (AvgIpc) is 3.17. The van der Waals surface area contributed by atoms with Crippen LogP contribution in [0.15, 0.2) is 78.2 Å². The van der Waals surface area contributed by atoms with Gasteiger partial charge < -0.3 is 4.74 Å². The molecule has 0 amide bonds. The van der Waals surface area contributed by atoms with Crippen molar-refractivity contribution in [3.63, 3.8) is 0 Å². The molecule has 0 aliphatic rings. The first kappa shape index (κ1) is 17.8. The molecule has 26 heavy (non-hydrogen) atoms. The smallest absolute Gasteiger partial charge is 0.178 e. The highest BCUT2D eigenvalue weighted by atomic mass is 32.1. The minimum Gasteiger partial charge on any atom is -0.488 e. The van der Waals surface area contributed by atoms with E-state index in [1.165, 1.54) is 18.2 Å². The minimum absolute atomic E-state index is 0.0988. The zero-order chi connectivity index (χ0) is 18.2. The van der Waals surface area contributed by atoms with E-state index < -0.39 is 0 Å². The Labute approximate surface area is 155 Å². The summed E-state index contributed by atoms with van der Waals surface area (Å²) in [6, 6.07) is 17.6. The van der Waals surface area contributed by atoms with Crippen LogP contribution in [0.5, 0.6) is 5.75 Å². The molecule has 1 aromatic heterocycles. The predicted octanol–water partition coefficient (Wildman–Crippen LogP) is 5.76. The maximum absolute atomic E-state index is 13.2. The number of para-hydroxylation sites is 1. The van der Waals surface area contributed by atoms with E-state index in [-0.39, 0.29) is 18.2 Å². The van der Waals surface area contributed by atoms with Gasteiger partial charge in [-0.1, -0.05) is 36.4 Å². The molecule has 0 unspecified atom stereocenters. The average molecular weight is 364 g/mol. The standard InChI is InChI=1S/C22H17FO2S/c23-19-7-3-5-17(15-19)16-25-22-9-2-1-6-18(22)10-11-20(24)12-13-21-8-4-14-26-21/h1-15H,16H2. The molecule has 0 saturated carbocycles. The number of carbonyl (C=O) groups excluding carboxylic acids is 1. The summed E-state index contributed by atoms with van der Waals surface area (Å²) in [5.74, 6) is 0.254. The van der Waals surface area contributed by atoms with Crippen molar-refractivity contribution in [3.05, 3.63) is 100 Å². The van der Waals surface area contributed by atoms with Crippen LogP contribution in [0.3, 0.4) is 0 Å². The van der Waals surface area contributed by atoms with Crippen molar-refractivity contribution in [3.8, 4) is 5.75 Å². The number of allylic oxidation sites excluding steroid dienone is 2. The quantitative estimate of drug-likeness (QED) is 0.498. The van der Waals surface area contributed by atoms with E-state index in [1.807, 2.05) is 41.8 Å². The fourth-order valence-corrected chi connectivity index (χ4v) is 2.93. The molecule has 0 spiro atoms. The van der Waals surface area contributed by atoms with Crippen molar-refractivity contribution >= 4 is 29.3 Å².